The fourth-order valence-electron chi connectivity index (χ4n) is 1.49. The van der Waals surface area contributed by atoms with Crippen LogP contribution in [-0.2, 0) is 11.3 Å². The topological polar surface area (TPSA) is 41.6 Å². The van der Waals surface area contributed by atoms with Gasteiger partial charge >= 0.3 is 0 Å². The predicted molar refractivity (Wildman–Crippen MR) is 68.0 cm³/mol. The van der Waals surface area contributed by atoms with Crippen LogP contribution >= 0.6 is 0 Å². The van der Waals surface area contributed by atoms with Gasteiger partial charge < -0.3 is 15.0 Å². The smallest absolute Gasteiger partial charge is 0.238 e. The highest BCUT2D eigenvalue weighted by Gasteiger charge is 2.13. The molecule has 94 valence electrons. The standard InChI is InChI=1S/C13H20N2O2/c1-10(13(16)15(2)3)14-9-11-5-7-12(17-4)8-6-11/h5-8,10,14H,9H2,1-4H3. The van der Waals surface area contributed by atoms with E-state index in [2.05, 4.69) is 5.32 Å². The van der Waals surface area contributed by atoms with Gasteiger partial charge in [-0.05, 0) is 24.6 Å². The molecule has 1 aromatic carbocycles. The summed E-state index contributed by atoms with van der Waals surface area (Å²) in [5, 5.41) is 3.19. The molecular formula is C13H20N2O2. The van der Waals surface area contributed by atoms with E-state index in [0.717, 1.165) is 11.3 Å². The maximum atomic E-state index is 11.6. The van der Waals surface area contributed by atoms with Crippen LogP contribution in [0.25, 0.3) is 0 Å². The van der Waals surface area contributed by atoms with E-state index in [1.54, 1.807) is 26.1 Å². The number of benzene rings is 1. The number of amides is 1. The molecular weight excluding hydrogens is 216 g/mol. The van der Waals surface area contributed by atoms with Gasteiger partial charge in [-0.2, -0.15) is 0 Å². The van der Waals surface area contributed by atoms with Crippen LogP contribution in [-0.4, -0.2) is 38.1 Å². The van der Waals surface area contributed by atoms with Gasteiger partial charge in [-0.25, -0.2) is 0 Å². The molecule has 0 aliphatic rings. The highest BCUT2D eigenvalue weighted by atomic mass is 16.5. The van der Waals surface area contributed by atoms with E-state index in [9.17, 15) is 4.79 Å². The largest absolute Gasteiger partial charge is 0.497 e. The third-order valence-corrected chi connectivity index (χ3v) is 2.58. The molecule has 0 saturated carbocycles. The fourth-order valence-corrected chi connectivity index (χ4v) is 1.49. The van der Waals surface area contributed by atoms with Crippen molar-refractivity contribution in [3.05, 3.63) is 29.8 Å². The molecule has 1 unspecified atom stereocenters. The molecule has 4 heteroatoms. The Morgan fingerprint density at radius 1 is 1.35 bits per heavy atom. The van der Waals surface area contributed by atoms with E-state index in [4.69, 9.17) is 4.74 Å². The molecule has 0 aliphatic heterocycles. The number of hydrogen-bond donors (Lipinski definition) is 1. The summed E-state index contributed by atoms with van der Waals surface area (Å²) >= 11 is 0. The minimum Gasteiger partial charge on any atom is -0.497 e. The number of carbonyl (C=O) groups is 1. The Morgan fingerprint density at radius 3 is 2.41 bits per heavy atom. The molecule has 0 bridgehead atoms. The number of hydrogen-bond acceptors (Lipinski definition) is 3. The van der Waals surface area contributed by atoms with Gasteiger partial charge in [-0.1, -0.05) is 12.1 Å². The first kappa shape index (κ1) is 13.5. The van der Waals surface area contributed by atoms with Crippen LogP contribution in [0.3, 0.4) is 0 Å². The van der Waals surface area contributed by atoms with Crippen LogP contribution < -0.4 is 10.1 Å². The zero-order valence-corrected chi connectivity index (χ0v) is 10.9. The zero-order chi connectivity index (χ0) is 12.8. The molecule has 0 spiro atoms. The molecule has 1 aromatic rings. The van der Waals surface area contributed by atoms with Crippen molar-refractivity contribution in [3.63, 3.8) is 0 Å². The summed E-state index contributed by atoms with van der Waals surface area (Å²) in [5.41, 5.74) is 1.13. The molecule has 1 amide bonds. The lowest BCUT2D eigenvalue weighted by Gasteiger charge is -2.18. The molecule has 4 nitrogen and oxygen atoms in total. The minimum absolute atomic E-state index is 0.0820. The van der Waals surface area contributed by atoms with Crippen LogP contribution in [0.1, 0.15) is 12.5 Å². The van der Waals surface area contributed by atoms with Crippen LogP contribution in [0, 0.1) is 0 Å². The summed E-state index contributed by atoms with van der Waals surface area (Å²) < 4.78 is 5.08. The lowest BCUT2D eigenvalue weighted by Crippen LogP contribution is -2.41. The number of methoxy groups -OCH3 is 1. The Morgan fingerprint density at radius 2 is 1.94 bits per heavy atom. The molecule has 0 radical (unpaired) electrons. The number of ether oxygens (including phenoxy) is 1. The fraction of sp³-hybridized carbons (Fsp3) is 0.462. The normalized spacial score (nSPS) is 12.0. The number of rotatable bonds is 5. The van der Waals surface area contributed by atoms with Gasteiger partial charge in [0, 0.05) is 20.6 Å². The van der Waals surface area contributed by atoms with Gasteiger partial charge in [0.2, 0.25) is 5.91 Å². The summed E-state index contributed by atoms with van der Waals surface area (Å²) in [4.78, 5) is 13.2. The summed E-state index contributed by atoms with van der Waals surface area (Å²) in [7, 11) is 5.16. The van der Waals surface area contributed by atoms with Crippen molar-refractivity contribution in [1.29, 1.82) is 0 Å². The molecule has 0 aromatic heterocycles. The monoisotopic (exact) mass is 236 g/mol. The van der Waals surface area contributed by atoms with Crippen LogP contribution in [0.15, 0.2) is 24.3 Å². The van der Waals surface area contributed by atoms with Crippen molar-refractivity contribution in [1.82, 2.24) is 10.2 Å². The molecule has 0 saturated heterocycles. The van der Waals surface area contributed by atoms with E-state index < -0.39 is 0 Å². The zero-order valence-electron chi connectivity index (χ0n) is 10.9. The molecule has 1 atom stereocenters. The van der Waals surface area contributed by atoms with Gasteiger partial charge in [-0.3, -0.25) is 4.79 Å². The van der Waals surface area contributed by atoms with Gasteiger partial charge in [-0.15, -0.1) is 0 Å². The third kappa shape index (κ3) is 4.07. The molecule has 0 fully saturated rings. The molecule has 0 aliphatic carbocycles. The average molecular weight is 236 g/mol. The lowest BCUT2D eigenvalue weighted by molar-refractivity contribution is -0.130. The predicted octanol–water partition coefficient (Wildman–Crippen LogP) is 1.26. The summed E-state index contributed by atoms with van der Waals surface area (Å²) in [5.74, 6) is 0.921. The first-order chi connectivity index (χ1) is 8.04. The maximum absolute atomic E-state index is 11.6. The Balaban J connectivity index is 2.47. The van der Waals surface area contributed by atoms with Crippen molar-refractivity contribution in [3.8, 4) is 5.75 Å². The first-order valence-corrected chi connectivity index (χ1v) is 5.62. The Kier molecular flexibility index (Phi) is 4.97. The Labute approximate surface area is 103 Å². The van der Waals surface area contributed by atoms with E-state index in [-0.39, 0.29) is 11.9 Å². The van der Waals surface area contributed by atoms with E-state index >= 15 is 0 Å². The lowest BCUT2D eigenvalue weighted by atomic mass is 10.2. The minimum atomic E-state index is -0.174. The quantitative estimate of drug-likeness (QED) is 0.837. The van der Waals surface area contributed by atoms with Crippen molar-refractivity contribution in [2.24, 2.45) is 0 Å². The van der Waals surface area contributed by atoms with E-state index in [1.807, 2.05) is 31.2 Å². The Bertz CT molecular complexity index is 360. The highest BCUT2D eigenvalue weighted by Crippen LogP contribution is 2.11. The second-order valence-corrected chi connectivity index (χ2v) is 4.18. The van der Waals surface area contributed by atoms with Crippen molar-refractivity contribution in [2.45, 2.75) is 19.5 Å². The number of carbonyl (C=O) groups excluding carboxylic acids is 1. The van der Waals surface area contributed by atoms with Crippen molar-refractivity contribution < 1.29 is 9.53 Å². The highest BCUT2D eigenvalue weighted by molar-refractivity contribution is 5.80. The maximum Gasteiger partial charge on any atom is 0.238 e. The van der Waals surface area contributed by atoms with Crippen LogP contribution in [0.2, 0.25) is 0 Å². The van der Waals surface area contributed by atoms with Crippen molar-refractivity contribution in [2.75, 3.05) is 21.2 Å². The van der Waals surface area contributed by atoms with Gasteiger partial charge in [0.05, 0.1) is 13.2 Å². The van der Waals surface area contributed by atoms with Crippen LogP contribution in [0.5, 0.6) is 5.75 Å². The van der Waals surface area contributed by atoms with E-state index in [1.165, 1.54) is 0 Å². The van der Waals surface area contributed by atoms with Gasteiger partial charge in [0.1, 0.15) is 5.75 Å². The first-order valence-electron chi connectivity index (χ1n) is 5.62. The molecule has 0 heterocycles. The summed E-state index contributed by atoms with van der Waals surface area (Å²) in [6.07, 6.45) is 0. The van der Waals surface area contributed by atoms with Gasteiger partial charge in [0.25, 0.3) is 0 Å². The van der Waals surface area contributed by atoms with E-state index in [0.29, 0.717) is 6.54 Å². The number of nitrogens with zero attached hydrogens (tertiary/aromatic N) is 1. The third-order valence-electron chi connectivity index (χ3n) is 2.58. The second kappa shape index (κ2) is 6.25. The molecule has 1 N–H and O–H groups in total. The van der Waals surface area contributed by atoms with Crippen LogP contribution in [0.4, 0.5) is 0 Å². The number of likely N-dealkylation sites (N-methyl/N-ethyl adjacent to an activating group) is 1. The molecule has 17 heavy (non-hydrogen) atoms. The summed E-state index contributed by atoms with van der Waals surface area (Å²) in [6, 6.07) is 7.62. The van der Waals surface area contributed by atoms with Gasteiger partial charge in [0.15, 0.2) is 0 Å². The average Bonchev–Trinajstić information content (AvgIpc) is 2.35. The molecule has 1 rings (SSSR count). The second-order valence-electron chi connectivity index (χ2n) is 4.18. The van der Waals surface area contributed by atoms with Crippen molar-refractivity contribution >= 4 is 5.91 Å². The Hall–Kier alpha value is -1.55. The summed E-state index contributed by atoms with van der Waals surface area (Å²) in [6.45, 7) is 2.54. The SMILES string of the molecule is COc1ccc(CNC(C)C(=O)N(C)C)cc1. The number of nitrogens with one attached hydrogen (secondary N) is 1.